The highest BCUT2D eigenvalue weighted by atomic mass is 19.1. The number of hydrogen-bond acceptors (Lipinski definition) is 2. The van der Waals surface area contributed by atoms with Crippen LogP contribution in [0.1, 0.15) is 18.4 Å². The summed E-state index contributed by atoms with van der Waals surface area (Å²) in [6, 6.07) is 13.6. The lowest BCUT2D eigenvalue weighted by Gasteiger charge is -2.11. The summed E-state index contributed by atoms with van der Waals surface area (Å²) in [5.41, 5.74) is 2.68. The van der Waals surface area contributed by atoms with E-state index >= 15 is 0 Å². The van der Waals surface area contributed by atoms with Crippen molar-refractivity contribution in [3.63, 3.8) is 0 Å². The molecule has 0 heterocycles. The zero-order valence-electron chi connectivity index (χ0n) is 11.5. The minimum Gasteiger partial charge on any atom is -0.496 e. The van der Waals surface area contributed by atoms with Gasteiger partial charge in [-0.15, -0.1) is 0 Å². The summed E-state index contributed by atoms with van der Waals surface area (Å²) in [7, 11) is 1.65. The Labute approximate surface area is 118 Å². The van der Waals surface area contributed by atoms with Crippen molar-refractivity contribution >= 4 is 0 Å². The molecule has 1 N–H and O–H groups in total. The molecule has 104 valence electrons. The van der Waals surface area contributed by atoms with E-state index in [0.717, 1.165) is 16.9 Å². The highest BCUT2D eigenvalue weighted by Gasteiger charge is 2.20. The second kappa shape index (κ2) is 5.63. The average Bonchev–Trinajstić information content (AvgIpc) is 3.30. The number of benzene rings is 2. The first-order valence-corrected chi connectivity index (χ1v) is 6.93. The first kappa shape index (κ1) is 13.1. The molecule has 20 heavy (non-hydrogen) atoms. The molecule has 2 nitrogen and oxygen atoms in total. The maximum absolute atomic E-state index is 13.9. The molecule has 3 heteroatoms. The lowest BCUT2D eigenvalue weighted by Crippen LogP contribution is -2.16. The topological polar surface area (TPSA) is 21.3 Å². The molecule has 1 aliphatic carbocycles. The van der Waals surface area contributed by atoms with Crippen molar-refractivity contribution in [3.05, 3.63) is 53.8 Å². The molecule has 3 rings (SSSR count). The van der Waals surface area contributed by atoms with E-state index in [-0.39, 0.29) is 5.82 Å². The summed E-state index contributed by atoms with van der Waals surface area (Å²) in [5, 5.41) is 3.35. The molecular formula is C17H18FNO. The molecule has 0 radical (unpaired) electrons. The standard InChI is InChI=1S/C17H18FNO/c1-20-17-5-3-2-4-15(17)12-6-9-16(18)13(10-12)11-19-14-7-8-14/h2-6,9-10,14,19H,7-8,11H2,1H3. The summed E-state index contributed by atoms with van der Waals surface area (Å²) in [6.07, 6.45) is 2.40. The fourth-order valence-corrected chi connectivity index (χ4v) is 2.30. The second-order valence-electron chi connectivity index (χ2n) is 5.16. The van der Waals surface area contributed by atoms with E-state index in [1.807, 2.05) is 30.3 Å². The normalized spacial score (nSPS) is 14.3. The van der Waals surface area contributed by atoms with E-state index in [4.69, 9.17) is 4.74 Å². The Morgan fingerprint density at radius 2 is 2.00 bits per heavy atom. The molecule has 2 aromatic carbocycles. The maximum atomic E-state index is 13.9. The minimum absolute atomic E-state index is 0.156. The number of rotatable bonds is 5. The van der Waals surface area contributed by atoms with Crippen LogP contribution < -0.4 is 10.1 Å². The Morgan fingerprint density at radius 3 is 2.75 bits per heavy atom. The summed E-state index contributed by atoms with van der Waals surface area (Å²) >= 11 is 0. The van der Waals surface area contributed by atoms with E-state index in [2.05, 4.69) is 5.32 Å². The van der Waals surface area contributed by atoms with Crippen LogP contribution in [0.4, 0.5) is 4.39 Å². The third kappa shape index (κ3) is 2.83. The number of nitrogens with one attached hydrogen (secondary N) is 1. The largest absolute Gasteiger partial charge is 0.496 e. The summed E-state index contributed by atoms with van der Waals surface area (Å²) < 4.78 is 19.2. The van der Waals surface area contributed by atoms with Gasteiger partial charge in [0.15, 0.2) is 0 Å². The van der Waals surface area contributed by atoms with Gasteiger partial charge in [-0.2, -0.15) is 0 Å². The van der Waals surface area contributed by atoms with Crippen molar-refractivity contribution in [2.75, 3.05) is 7.11 Å². The Balaban J connectivity index is 1.90. The molecule has 1 saturated carbocycles. The first-order chi connectivity index (χ1) is 9.78. The molecular weight excluding hydrogens is 253 g/mol. The first-order valence-electron chi connectivity index (χ1n) is 6.93. The number of methoxy groups -OCH3 is 1. The van der Waals surface area contributed by atoms with Crippen LogP contribution in [-0.4, -0.2) is 13.2 Å². The van der Waals surface area contributed by atoms with E-state index in [0.29, 0.717) is 18.2 Å². The van der Waals surface area contributed by atoms with Crippen LogP contribution in [0, 0.1) is 5.82 Å². The van der Waals surface area contributed by atoms with Gasteiger partial charge in [-0.3, -0.25) is 0 Å². The lowest BCUT2D eigenvalue weighted by atomic mass is 10.0. The van der Waals surface area contributed by atoms with Crippen molar-refractivity contribution in [1.29, 1.82) is 0 Å². The number of para-hydroxylation sites is 1. The monoisotopic (exact) mass is 271 g/mol. The van der Waals surface area contributed by atoms with Gasteiger partial charge in [0, 0.05) is 23.7 Å². The Kier molecular flexibility index (Phi) is 3.70. The highest BCUT2D eigenvalue weighted by Crippen LogP contribution is 2.31. The molecule has 2 aromatic rings. The average molecular weight is 271 g/mol. The van der Waals surface area contributed by atoms with Crippen LogP contribution in [0.2, 0.25) is 0 Å². The molecule has 1 aliphatic rings. The summed E-state index contributed by atoms with van der Waals surface area (Å²) in [4.78, 5) is 0. The summed E-state index contributed by atoms with van der Waals surface area (Å²) in [5.74, 6) is 0.650. The van der Waals surface area contributed by atoms with Crippen molar-refractivity contribution in [2.45, 2.75) is 25.4 Å². The molecule has 0 saturated heterocycles. The van der Waals surface area contributed by atoms with Gasteiger partial charge in [0.25, 0.3) is 0 Å². The fraction of sp³-hybridized carbons (Fsp3) is 0.294. The minimum atomic E-state index is -0.156. The van der Waals surface area contributed by atoms with Crippen LogP contribution in [0.3, 0.4) is 0 Å². The van der Waals surface area contributed by atoms with Gasteiger partial charge in [0.05, 0.1) is 7.11 Å². The highest BCUT2D eigenvalue weighted by molar-refractivity contribution is 5.70. The van der Waals surface area contributed by atoms with Crippen LogP contribution in [0.5, 0.6) is 5.75 Å². The smallest absolute Gasteiger partial charge is 0.127 e. The molecule has 0 atom stereocenters. The second-order valence-corrected chi connectivity index (χ2v) is 5.16. The Morgan fingerprint density at radius 1 is 1.20 bits per heavy atom. The van der Waals surface area contributed by atoms with Gasteiger partial charge in [-0.25, -0.2) is 4.39 Å². The van der Waals surface area contributed by atoms with Crippen LogP contribution in [0.15, 0.2) is 42.5 Å². The van der Waals surface area contributed by atoms with Gasteiger partial charge in [-0.05, 0) is 36.6 Å². The van der Waals surface area contributed by atoms with Gasteiger partial charge >= 0.3 is 0 Å². The molecule has 0 aromatic heterocycles. The predicted molar refractivity (Wildman–Crippen MR) is 78.2 cm³/mol. The zero-order chi connectivity index (χ0) is 13.9. The molecule has 0 aliphatic heterocycles. The molecule has 0 amide bonds. The number of hydrogen-bond donors (Lipinski definition) is 1. The van der Waals surface area contributed by atoms with Crippen molar-refractivity contribution in [1.82, 2.24) is 5.32 Å². The van der Waals surface area contributed by atoms with Crippen LogP contribution >= 0.6 is 0 Å². The van der Waals surface area contributed by atoms with Crippen molar-refractivity contribution in [3.8, 4) is 16.9 Å². The van der Waals surface area contributed by atoms with Crippen molar-refractivity contribution < 1.29 is 9.13 Å². The fourth-order valence-electron chi connectivity index (χ4n) is 2.30. The molecule has 1 fully saturated rings. The van der Waals surface area contributed by atoms with Gasteiger partial charge in [0.2, 0.25) is 0 Å². The van der Waals surface area contributed by atoms with Gasteiger partial charge in [-0.1, -0.05) is 24.3 Å². The maximum Gasteiger partial charge on any atom is 0.127 e. The molecule has 0 spiro atoms. The number of halogens is 1. The van der Waals surface area contributed by atoms with Crippen molar-refractivity contribution in [2.24, 2.45) is 0 Å². The van der Waals surface area contributed by atoms with Gasteiger partial charge < -0.3 is 10.1 Å². The van der Waals surface area contributed by atoms with Crippen LogP contribution in [-0.2, 0) is 6.54 Å². The zero-order valence-corrected chi connectivity index (χ0v) is 11.5. The van der Waals surface area contributed by atoms with E-state index < -0.39 is 0 Å². The third-order valence-electron chi connectivity index (χ3n) is 3.62. The third-order valence-corrected chi connectivity index (χ3v) is 3.62. The van der Waals surface area contributed by atoms with E-state index in [1.54, 1.807) is 13.2 Å². The molecule has 0 unspecified atom stereocenters. The van der Waals surface area contributed by atoms with E-state index in [1.165, 1.54) is 18.9 Å². The Bertz CT molecular complexity index is 608. The van der Waals surface area contributed by atoms with E-state index in [9.17, 15) is 4.39 Å². The SMILES string of the molecule is COc1ccccc1-c1ccc(F)c(CNC2CC2)c1. The predicted octanol–water partition coefficient (Wildman–Crippen LogP) is 3.75. The number of ether oxygens (including phenoxy) is 1. The van der Waals surface area contributed by atoms with Crippen LogP contribution in [0.25, 0.3) is 11.1 Å². The quantitative estimate of drug-likeness (QED) is 0.894. The summed E-state index contributed by atoms with van der Waals surface area (Å²) in [6.45, 7) is 0.583. The van der Waals surface area contributed by atoms with Gasteiger partial charge in [0.1, 0.15) is 11.6 Å². The molecule has 0 bridgehead atoms. The Hall–Kier alpha value is -1.87. The lowest BCUT2D eigenvalue weighted by molar-refractivity contribution is 0.416.